The van der Waals surface area contributed by atoms with Crippen LogP contribution in [0.15, 0.2) is 18.2 Å². The second-order valence-corrected chi connectivity index (χ2v) is 12.0. The Bertz CT molecular complexity index is 1610. The van der Waals surface area contributed by atoms with E-state index in [2.05, 4.69) is 4.90 Å². The Morgan fingerprint density at radius 2 is 1.82 bits per heavy atom. The quantitative estimate of drug-likeness (QED) is 0.295. The number of hydrogen-bond acceptors (Lipinski definition) is 13. The first-order chi connectivity index (χ1) is 21.5. The molecule has 5 aliphatic rings. The van der Waals surface area contributed by atoms with Crippen LogP contribution >= 0.6 is 0 Å². The van der Waals surface area contributed by atoms with E-state index in [4.69, 9.17) is 28.4 Å². The summed E-state index contributed by atoms with van der Waals surface area (Å²) in [6, 6.07) is 4.22. The normalized spacial score (nSPS) is 33.9. The van der Waals surface area contributed by atoms with Crippen molar-refractivity contribution in [3.8, 4) is 17.2 Å². The van der Waals surface area contributed by atoms with Gasteiger partial charge in [0.15, 0.2) is 30.2 Å². The third kappa shape index (κ3) is 4.39. The number of ketones is 2. The van der Waals surface area contributed by atoms with Crippen molar-refractivity contribution in [2.45, 2.75) is 74.9 Å². The number of aromatic hydroxyl groups is 2. The second-order valence-electron chi connectivity index (χ2n) is 12.0. The molecule has 4 N–H and O–H groups in total. The van der Waals surface area contributed by atoms with Gasteiger partial charge in [-0.15, -0.1) is 0 Å². The van der Waals surface area contributed by atoms with Gasteiger partial charge in [0, 0.05) is 55.6 Å². The zero-order valence-corrected chi connectivity index (χ0v) is 24.7. The number of benzene rings is 2. The third-order valence-electron chi connectivity index (χ3n) is 9.58. The molecule has 0 aromatic heterocycles. The van der Waals surface area contributed by atoms with Gasteiger partial charge in [-0.1, -0.05) is 12.1 Å². The zero-order valence-electron chi connectivity index (χ0n) is 24.7. The number of aliphatic carboxylic acids is 1. The van der Waals surface area contributed by atoms with Gasteiger partial charge in [0.2, 0.25) is 5.78 Å². The predicted molar refractivity (Wildman–Crippen MR) is 149 cm³/mol. The lowest BCUT2D eigenvalue weighted by Crippen LogP contribution is -2.55. The first kappa shape index (κ1) is 30.0. The van der Waals surface area contributed by atoms with E-state index in [9.17, 15) is 34.8 Å². The molecule has 3 heterocycles. The maximum absolute atomic E-state index is 13.8. The Labute approximate surface area is 256 Å². The van der Waals surface area contributed by atoms with Gasteiger partial charge < -0.3 is 48.8 Å². The van der Waals surface area contributed by atoms with E-state index >= 15 is 0 Å². The van der Waals surface area contributed by atoms with Gasteiger partial charge in [-0.3, -0.25) is 14.5 Å². The van der Waals surface area contributed by atoms with Crippen LogP contribution in [-0.4, -0.2) is 113 Å². The standard InChI is InChI=1S/C31H33NO13/c1-12-27-15(32-7-8-42-29(41-3)28(32)45-27)9-18(43-12)44-17-11-31(39,30(37)38)10-14-20(17)26(36)22-21(24(14)34)23(33)13-5-4-6-16(40-2)19(13)25(22)35/h4-6,12,15,17-18,27-29,34,36,39H,7-11H2,1-3H3,(H,37,38). The summed E-state index contributed by atoms with van der Waals surface area (Å²) < 4.78 is 35.2. The van der Waals surface area contributed by atoms with Gasteiger partial charge in [0.25, 0.3) is 0 Å². The summed E-state index contributed by atoms with van der Waals surface area (Å²) in [5, 5.41) is 44.4. The number of morpholine rings is 1. The molecule has 14 nitrogen and oxygen atoms in total. The molecular formula is C31H33NO13. The third-order valence-corrected chi connectivity index (χ3v) is 9.58. The second kappa shape index (κ2) is 10.7. The summed E-state index contributed by atoms with van der Waals surface area (Å²) in [6.45, 7) is 2.80. The van der Waals surface area contributed by atoms with E-state index in [0.29, 0.717) is 13.2 Å². The largest absolute Gasteiger partial charge is 0.507 e. The molecule has 0 radical (unpaired) electrons. The fourth-order valence-electron chi connectivity index (χ4n) is 7.49. The van der Waals surface area contributed by atoms with Crippen LogP contribution in [0.5, 0.6) is 17.2 Å². The average molecular weight is 628 g/mol. The van der Waals surface area contributed by atoms with Crippen molar-refractivity contribution in [3.63, 3.8) is 0 Å². The maximum Gasteiger partial charge on any atom is 0.336 e. The van der Waals surface area contributed by atoms with Gasteiger partial charge in [0.05, 0.1) is 42.6 Å². The minimum atomic E-state index is -2.43. The topological polar surface area (TPSA) is 191 Å². The highest BCUT2D eigenvalue weighted by Gasteiger charge is 2.55. The fourth-order valence-corrected chi connectivity index (χ4v) is 7.49. The number of phenols is 2. The lowest BCUT2D eigenvalue weighted by molar-refractivity contribution is -0.256. The van der Waals surface area contributed by atoms with Crippen LogP contribution in [0, 0.1) is 0 Å². The van der Waals surface area contributed by atoms with Crippen molar-refractivity contribution in [2.24, 2.45) is 0 Å². The van der Waals surface area contributed by atoms with E-state index in [1.165, 1.54) is 32.4 Å². The van der Waals surface area contributed by atoms with Gasteiger partial charge >= 0.3 is 5.97 Å². The van der Waals surface area contributed by atoms with Crippen LogP contribution < -0.4 is 4.74 Å². The monoisotopic (exact) mass is 627 g/mol. The summed E-state index contributed by atoms with van der Waals surface area (Å²) in [5.41, 5.74) is -3.79. The summed E-state index contributed by atoms with van der Waals surface area (Å²) in [5.74, 6) is -4.35. The lowest BCUT2D eigenvalue weighted by Gasteiger charge is -2.43. The van der Waals surface area contributed by atoms with Crippen LogP contribution in [0.2, 0.25) is 0 Å². The molecule has 2 aliphatic carbocycles. The number of aliphatic hydroxyl groups is 1. The Morgan fingerprint density at radius 1 is 1.07 bits per heavy atom. The first-order valence-electron chi connectivity index (χ1n) is 14.7. The number of carbonyl (C=O) groups excluding carboxylic acids is 2. The van der Waals surface area contributed by atoms with E-state index in [0.717, 1.165) is 0 Å². The number of fused-ring (bicyclic) bond motifs is 6. The van der Waals surface area contributed by atoms with Gasteiger partial charge in [-0.05, 0) is 13.0 Å². The summed E-state index contributed by atoms with van der Waals surface area (Å²) >= 11 is 0. The lowest BCUT2D eigenvalue weighted by atomic mass is 9.73. The van der Waals surface area contributed by atoms with E-state index in [1.54, 1.807) is 0 Å². The highest BCUT2D eigenvalue weighted by atomic mass is 16.7. The number of carboxylic acids is 1. The van der Waals surface area contributed by atoms with Crippen molar-refractivity contribution < 1.29 is 63.2 Å². The van der Waals surface area contributed by atoms with Crippen molar-refractivity contribution in [1.82, 2.24) is 4.90 Å². The number of nitrogens with zero attached hydrogens (tertiary/aromatic N) is 1. The van der Waals surface area contributed by atoms with Crippen LogP contribution in [0.3, 0.4) is 0 Å². The van der Waals surface area contributed by atoms with Gasteiger partial charge in [0.1, 0.15) is 23.4 Å². The number of rotatable bonds is 5. The molecule has 45 heavy (non-hydrogen) atoms. The average Bonchev–Trinajstić information content (AvgIpc) is 3.40. The summed E-state index contributed by atoms with van der Waals surface area (Å²) in [7, 11) is 2.87. The number of methoxy groups -OCH3 is 2. The molecule has 0 spiro atoms. The molecule has 14 heteroatoms. The minimum Gasteiger partial charge on any atom is -0.507 e. The minimum absolute atomic E-state index is 0.0475. The molecule has 3 saturated heterocycles. The zero-order chi connectivity index (χ0) is 31.9. The van der Waals surface area contributed by atoms with Crippen LogP contribution in [0.1, 0.15) is 68.8 Å². The first-order valence-corrected chi connectivity index (χ1v) is 14.7. The smallest absolute Gasteiger partial charge is 0.336 e. The molecule has 0 bridgehead atoms. The van der Waals surface area contributed by atoms with Gasteiger partial charge in [-0.25, -0.2) is 4.79 Å². The van der Waals surface area contributed by atoms with E-state index < -0.39 is 89.6 Å². The Hall–Kier alpha value is -3.63. The molecule has 8 unspecified atom stereocenters. The van der Waals surface area contributed by atoms with E-state index in [1.807, 2.05) is 6.92 Å². The van der Waals surface area contributed by atoms with Crippen molar-refractivity contribution in [2.75, 3.05) is 27.4 Å². The Morgan fingerprint density at radius 3 is 2.53 bits per heavy atom. The van der Waals surface area contributed by atoms with Crippen LogP contribution in [0.25, 0.3) is 0 Å². The number of carbonyl (C=O) groups is 3. The number of carboxylic acid groups (broad SMARTS) is 1. The number of ether oxygens (including phenoxy) is 6. The molecular weight excluding hydrogens is 594 g/mol. The molecule has 0 amide bonds. The van der Waals surface area contributed by atoms with Crippen LogP contribution in [0.4, 0.5) is 0 Å². The highest BCUT2D eigenvalue weighted by molar-refractivity contribution is 6.31. The Kier molecular flexibility index (Phi) is 7.16. The van der Waals surface area contributed by atoms with Crippen LogP contribution in [-0.2, 0) is 34.9 Å². The SMILES string of the molecule is COc1cccc2c1C(=O)c1c(O)c3c(c(O)c1C2=O)CC(O)(C(=O)O)CC3OC1CC2C(OC3C(OC)OCCN23)C(C)O1. The summed E-state index contributed by atoms with van der Waals surface area (Å²) in [6.07, 6.45) is -5.10. The number of phenolic OH excluding ortho intramolecular Hbond substituents is 2. The number of hydrogen-bond donors (Lipinski definition) is 4. The fraction of sp³-hybridized carbons (Fsp3) is 0.516. The Balaban J connectivity index is 1.29. The molecule has 3 aliphatic heterocycles. The molecule has 2 aromatic rings. The summed E-state index contributed by atoms with van der Waals surface area (Å²) in [4.78, 5) is 41.9. The van der Waals surface area contributed by atoms with Gasteiger partial charge in [-0.2, -0.15) is 0 Å². The van der Waals surface area contributed by atoms with Crippen molar-refractivity contribution >= 4 is 17.5 Å². The molecule has 0 saturated carbocycles. The van der Waals surface area contributed by atoms with Crippen molar-refractivity contribution in [3.05, 3.63) is 51.6 Å². The molecule has 240 valence electrons. The predicted octanol–water partition coefficient (Wildman–Crippen LogP) is 1.23. The van der Waals surface area contributed by atoms with Crippen molar-refractivity contribution in [1.29, 1.82) is 0 Å². The maximum atomic E-state index is 13.8. The molecule has 3 fully saturated rings. The molecule has 7 rings (SSSR count). The van der Waals surface area contributed by atoms with E-state index in [-0.39, 0.29) is 46.6 Å². The highest BCUT2D eigenvalue weighted by Crippen LogP contribution is 2.53. The molecule has 8 atom stereocenters. The molecule has 2 aromatic carbocycles.